The third-order valence-electron chi connectivity index (χ3n) is 12.7. The molecule has 0 fully saturated rings. The second-order valence-corrected chi connectivity index (χ2v) is 21.7. The number of hydrogen-bond acceptors (Lipinski definition) is 6. The van der Waals surface area contributed by atoms with Crippen LogP contribution in [0.4, 0.5) is 0 Å². The molecule has 0 rings (SSSR count). The molecular weight excluding hydrogens is 816 g/mol. The van der Waals surface area contributed by atoms with Crippen molar-refractivity contribution in [2.75, 3.05) is 40.9 Å². The number of carbonyl (C=O) groups excluding carboxylic acids is 1. The van der Waals surface area contributed by atoms with Gasteiger partial charge in [-0.15, -0.1) is 0 Å². The maximum Gasteiger partial charge on any atom is 0.268 e. The monoisotopic (exact) mass is 925 g/mol. The van der Waals surface area contributed by atoms with Crippen molar-refractivity contribution in [1.29, 1.82) is 0 Å². The Morgan fingerprint density at radius 3 is 1.25 bits per heavy atom. The van der Waals surface area contributed by atoms with Gasteiger partial charge in [0.15, 0.2) is 0 Å². The van der Waals surface area contributed by atoms with Crippen molar-refractivity contribution in [1.82, 2.24) is 5.32 Å². The van der Waals surface area contributed by atoms with Gasteiger partial charge in [0, 0.05) is 6.42 Å². The number of aliphatic hydroxyl groups excluding tert-OH is 1. The largest absolute Gasteiger partial charge is 0.756 e. The van der Waals surface area contributed by atoms with Crippen LogP contribution >= 0.6 is 7.82 Å². The maximum atomic E-state index is 12.9. The molecule has 0 aromatic heterocycles. The molecule has 0 aromatic rings. The smallest absolute Gasteiger partial charge is 0.268 e. The summed E-state index contributed by atoms with van der Waals surface area (Å²) in [7, 11) is 1.26. The number of quaternary nitrogens is 1. The van der Waals surface area contributed by atoms with Gasteiger partial charge in [-0.05, 0) is 44.9 Å². The van der Waals surface area contributed by atoms with Gasteiger partial charge in [0.1, 0.15) is 13.2 Å². The van der Waals surface area contributed by atoms with Gasteiger partial charge in [-0.1, -0.05) is 244 Å². The van der Waals surface area contributed by atoms with Crippen LogP contribution in [0.1, 0.15) is 271 Å². The molecule has 3 atom stereocenters. The van der Waals surface area contributed by atoms with Crippen LogP contribution in [0.5, 0.6) is 0 Å². The Morgan fingerprint density at radius 2 is 0.859 bits per heavy atom. The summed E-state index contributed by atoms with van der Waals surface area (Å²) in [5.41, 5.74) is 0. The third-order valence-corrected chi connectivity index (χ3v) is 13.6. The summed E-state index contributed by atoms with van der Waals surface area (Å²) in [4.78, 5) is 25.4. The molecule has 0 heterocycles. The third kappa shape index (κ3) is 48.9. The van der Waals surface area contributed by atoms with Crippen molar-refractivity contribution < 1.29 is 32.9 Å². The fourth-order valence-corrected chi connectivity index (χ4v) is 8.99. The molecule has 0 aliphatic carbocycles. The molecule has 380 valence electrons. The van der Waals surface area contributed by atoms with E-state index in [1.54, 1.807) is 6.08 Å². The Balaban J connectivity index is 4.07. The van der Waals surface area contributed by atoms with Crippen molar-refractivity contribution in [3.8, 4) is 0 Å². The lowest BCUT2D eigenvalue weighted by Gasteiger charge is -2.29. The van der Waals surface area contributed by atoms with Gasteiger partial charge in [0.25, 0.3) is 7.82 Å². The summed E-state index contributed by atoms with van der Waals surface area (Å²) >= 11 is 0. The highest BCUT2D eigenvalue weighted by Gasteiger charge is 2.23. The minimum atomic E-state index is -4.59. The lowest BCUT2D eigenvalue weighted by molar-refractivity contribution is -0.870. The molecule has 0 saturated carbocycles. The summed E-state index contributed by atoms with van der Waals surface area (Å²) in [6, 6.07) is -0.888. The number of carbonyl (C=O) groups is 1. The van der Waals surface area contributed by atoms with E-state index in [-0.39, 0.29) is 19.1 Å². The van der Waals surface area contributed by atoms with Gasteiger partial charge < -0.3 is 28.8 Å². The standard InChI is InChI=1S/C55H109N2O6P/c1-6-8-10-12-14-16-18-20-21-22-23-24-25-26-27-28-29-30-31-32-33-34-35-36-37-38-40-42-44-46-48-54(58)53(52-63-64(60,61)62-51-50-57(3,4)5)56-55(59)49-47-45-43-41-39-19-17-15-13-11-9-7-2/h15,17,46,48,53-54,58H,6-14,16,18-45,47,49-52H2,1-5H3,(H-,56,59,60,61)/b17-15-,48-46+. The van der Waals surface area contributed by atoms with E-state index in [1.807, 2.05) is 27.2 Å². The second kappa shape index (κ2) is 47.1. The summed E-state index contributed by atoms with van der Waals surface area (Å²) in [5, 5.41) is 13.8. The Hall–Kier alpha value is -1.02. The van der Waals surface area contributed by atoms with Gasteiger partial charge in [0.2, 0.25) is 5.91 Å². The minimum absolute atomic E-state index is 0.00131. The number of phosphoric acid groups is 1. The molecule has 0 aliphatic heterocycles. The number of allylic oxidation sites excluding steroid dienone is 3. The first-order valence-corrected chi connectivity index (χ1v) is 29.2. The van der Waals surface area contributed by atoms with Crippen molar-refractivity contribution in [2.45, 2.75) is 283 Å². The van der Waals surface area contributed by atoms with E-state index in [9.17, 15) is 19.4 Å². The predicted molar refractivity (Wildman–Crippen MR) is 275 cm³/mol. The molecule has 0 radical (unpaired) electrons. The summed E-state index contributed by atoms with van der Waals surface area (Å²) in [6.07, 6.45) is 58.4. The Labute approximate surface area is 398 Å². The summed E-state index contributed by atoms with van der Waals surface area (Å²) in [5.74, 6) is -0.205. The number of phosphoric ester groups is 1. The highest BCUT2D eigenvalue weighted by Crippen LogP contribution is 2.38. The summed E-state index contributed by atoms with van der Waals surface area (Å²) < 4.78 is 23.3. The topological polar surface area (TPSA) is 108 Å². The number of aliphatic hydroxyl groups is 1. The first kappa shape index (κ1) is 63.0. The normalized spacial score (nSPS) is 14.2. The van der Waals surface area contributed by atoms with E-state index < -0.39 is 20.0 Å². The fraction of sp³-hybridized carbons (Fsp3) is 0.909. The lowest BCUT2D eigenvalue weighted by atomic mass is 10.0. The van der Waals surface area contributed by atoms with Gasteiger partial charge in [-0.3, -0.25) is 9.36 Å². The first-order valence-electron chi connectivity index (χ1n) is 27.7. The SMILES string of the molecule is CCCCC/C=C\CCCCCCCC(=O)NC(COP(=O)([O-])OCC[N+](C)(C)C)C(O)/C=C/CCCCCCCCCCCCCCCCCCCCCCCCCCCCCC. The van der Waals surface area contributed by atoms with E-state index in [4.69, 9.17) is 9.05 Å². The van der Waals surface area contributed by atoms with Gasteiger partial charge >= 0.3 is 0 Å². The first-order chi connectivity index (χ1) is 31.0. The number of nitrogens with one attached hydrogen (secondary N) is 1. The maximum absolute atomic E-state index is 12.9. The lowest BCUT2D eigenvalue weighted by Crippen LogP contribution is -2.45. The number of likely N-dealkylation sites (N-methyl/N-ethyl adjacent to an activating group) is 1. The molecule has 2 N–H and O–H groups in total. The molecule has 0 aliphatic rings. The van der Waals surface area contributed by atoms with E-state index in [0.717, 1.165) is 51.4 Å². The number of hydrogen-bond donors (Lipinski definition) is 2. The summed E-state index contributed by atoms with van der Waals surface area (Å²) in [6.45, 7) is 4.64. The van der Waals surface area contributed by atoms with Crippen LogP contribution in [0.15, 0.2) is 24.3 Å². The molecule has 3 unspecified atom stereocenters. The second-order valence-electron chi connectivity index (χ2n) is 20.3. The average molecular weight is 925 g/mol. The Bertz CT molecular complexity index is 1090. The zero-order valence-electron chi connectivity index (χ0n) is 43.3. The number of nitrogens with zero attached hydrogens (tertiary/aromatic N) is 1. The van der Waals surface area contributed by atoms with Crippen molar-refractivity contribution in [2.24, 2.45) is 0 Å². The predicted octanol–water partition coefficient (Wildman–Crippen LogP) is 15.8. The molecule has 1 amide bonds. The fourth-order valence-electron chi connectivity index (χ4n) is 8.27. The number of unbranched alkanes of at least 4 members (excludes halogenated alkanes) is 36. The highest BCUT2D eigenvalue weighted by atomic mass is 31.2. The van der Waals surface area contributed by atoms with Crippen molar-refractivity contribution >= 4 is 13.7 Å². The molecule has 64 heavy (non-hydrogen) atoms. The van der Waals surface area contributed by atoms with Crippen LogP contribution in [-0.2, 0) is 18.4 Å². The molecule has 9 heteroatoms. The molecule has 0 aromatic carbocycles. The quantitative estimate of drug-likeness (QED) is 0.0272. The van der Waals surface area contributed by atoms with Crippen LogP contribution in [0.2, 0.25) is 0 Å². The highest BCUT2D eigenvalue weighted by molar-refractivity contribution is 7.45. The zero-order chi connectivity index (χ0) is 47.1. The molecule has 0 saturated heterocycles. The Kier molecular flexibility index (Phi) is 46.3. The Morgan fingerprint density at radius 1 is 0.531 bits per heavy atom. The average Bonchev–Trinajstić information content (AvgIpc) is 3.25. The number of amides is 1. The molecule has 8 nitrogen and oxygen atoms in total. The zero-order valence-corrected chi connectivity index (χ0v) is 44.1. The molecule has 0 bridgehead atoms. The van der Waals surface area contributed by atoms with Crippen LogP contribution in [0.25, 0.3) is 0 Å². The van der Waals surface area contributed by atoms with Crippen LogP contribution in [-0.4, -0.2) is 68.5 Å². The van der Waals surface area contributed by atoms with Crippen molar-refractivity contribution in [3.05, 3.63) is 24.3 Å². The van der Waals surface area contributed by atoms with Crippen LogP contribution in [0, 0.1) is 0 Å². The number of rotatable bonds is 51. The molecular formula is C55H109N2O6P. The molecule has 0 spiro atoms. The van der Waals surface area contributed by atoms with Gasteiger partial charge in [-0.25, -0.2) is 0 Å². The van der Waals surface area contributed by atoms with E-state index in [0.29, 0.717) is 17.4 Å². The van der Waals surface area contributed by atoms with Gasteiger partial charge in [-0.2, -0.15) is 0 Å². The van der Waals surface area contributed by atoms with E-state index >= 15 is 0 Å². The minimum Gasteiger partial charge on any atom is -0.756 e. The van der Waals surface area contributed by atoms with Crippen LogP contribution in [0.3, 0.4) is 0 Å². The van der Waals surface area contributed by atoms with E-state index in [1.165, 1.54) is 199 Å². The van der Waals surface area contributed by atoms with Crippen molar-refractivity contribution in [3.63, 3.8) is 0 Å². The van der Waals surface area contributed by atoms with Crippen LogP contribution < -0.4 is 10.2 Å². The van der Waals surface area contributed by atoms with E-state index in [2.05, 4.69) is 31.3 Å². The van der Waals surface area contributed by atoms with Gasteiger partial charge in [0.05, 0.1) is 39.9 Å².